The fraction of sp³-hybridized carbons (Fsp3) is 0.294. The molecule has 0 radical (unpaired) electrons. The molecule has 0 aliphatic carbocycles. The topological polar surface area (TPSA) is 80.0 Å². The molecule has 1 fully saturated rings. The van der Waals surface area contributed by atoms with Crippen LogP contribution in [0.4, 0.5) is 18.9 Å². The van der Waals surface area contributed by atoms with Crippen molar-refractivity contribution in [3.05, 3.63) is 47.3 Å². The Bertz CT molecular complexity index is 802. The number of anilines is 1. The lowest BCUT2D eigenvalue weighted by Gasteiger charge is -2.29. The number of rotatable bonds is 3. The second-order valence-electron chi connectivity index (χ2n) is 5.90. The van der Waals surface area contributed by atoms with Gasteiger partial charge < -0.3 is 16.4 Å². The number of amides is 1. The highest BCUT2D eigenvalue weighted by Gasteiger charge is 2.39. The largest absolute Gasteiger partial charge is 0.433 e. The lowest BCUT2D eigenvalue weighted by Crippen LogP contribution is -2.57. The molecule has 1 aromatic heterocycles. The molecule has 8 heteroatoms. The number of nitrogen functional groups attached to an aromatic ring is 1. The molecule has 1 aliphatic heterocycles. The minimum absolute atomic E-state index is 0.0242. The molecule has 0 atom stereocenters. The molecule has 1 aliphatic rings. The van der Waals surface area contributed by atoms with Gasteiger partial charge in [-0.25, -0.2) is 4.98 Å². The smallest absolute Gasteiger partial charge is 0.397 e. The molecule has 25 heavy (non-hydrogen) atoms. The summed E-state index contributed by atoms with van der Waals surface area (Å²) in [6, 6.07) is 7.76. The van der Waals surface area contributed by atoms with Crippen LogP contribution in [0.1, 0.15) is 21.7 Å². The van der Waals surface area contributed by atoms with Gasteiger partial charge in [0.25, 0.3) is 5.91 Å². The van der Waals surface area contributed by atoms with Crippen LogP contribution in [0.3, 0.4) is 0 Å². The maximum absolute atomic E-state index is 13.6. The van der Waals surface area contributed by atoms with Crippen LogP contribution in [0.5, 0.6) is 0 Å². The standard InChI is InChI=1S/C17H17F3N4O/c1-9-14(21)13(16(25)24-11-7-22-8-11)12(10-5-3-2-4-6-10)15(23-9)17(18,19)20/h2-6,11,22H,7-8,21H2,1H3,(H,24,25). The van der Waals surface area contributed by atoms with E-state index in [2.05, 4.69) is 15.6 Å². The Hall–Kier alpha value is -2.61. The van der Waals surface area contributed by atoms with Crippen molar-refractivity contribution in [3.8, 4) is 11.1 Å². The van der Waals surface area contributed by atoms with E-state index in [9.17, 15) is 18.0 Å². The van der Waals surface area contributed by atoms with Crippen LogP contribution in [0.15, 0.2) is 30.3 Å². The van der Waals surface area contributed by atoms with E-state index in [0.717, 1.165) is 0 Å². The first-order chi connectivity index (χ1) is 11.8. The number of carbonyl (C=O) groups excluding carboxylic acids is 1. The number of halogens is 3. The van der Waals surface area contributed by atoms with Crippen LogP contribution in [0.25, 0.3) is 11.1 Å². The van der Waals surface area contributed by atoms with Gasteiger partial charge in [-0.1, -0.05) is 30.3 Å². The molecule has 0 bridgehead atoms. The number of nitrogens with one attached hydrogen (secondary N) is 2. The fourth-order valence-electron chi connectivity index (χ4n) is 2.69. The summed E-state index contributed by atoms with van der Waals surface area (Å²) in [6.07, 6.45) is -4.71. The lowest BCUT2D eigenvalue weighted by atomic mass is 9.94. The minimum Gasteiger partial charge on any atom is -0.397 e. The molecule has 5 nitrogen and oxygen atoms in total. The van der Waals surface area contributed by atoms with Crippen molar-refractivity contribution in [2.45, 2.75) is 19.1 Å². The molecular formula is C17H17F3N4O. The van der Waals surface area contributed by atoms with Gasteiger partial charge in [0.15, 0.2) is 5.69 Å². The van der Waals surface area contributed by atoms with Crippen molar-refractivity contribution < 1.29 is 18.0 Å². The van der Waals surface area contributed by atoms with Gasteiger partial charge in [-0.05, 0) is 12.5 Å². The number of alkyl halides is 3. The third-order valence-electron chi connectivity index (χ3n) is 4.10. The summed E-state index contributed by atoms with van der Waals surface area (Å²) in [5.41, 5.74) is 4.55. The van der Waals surface area contributed by atoms with Crippen molar-refractivity contribution in [2.24, 2.45) is 0 Å². The van der Waals surface area contributed by atoms with Gasteiger partial charge in [0.1, 0.15) is 0 Å². The number of aromatic nitrogens is 1. The monoisotopic (exact) mass is 350 g/mol. The number of pyridine rings is 1. The third-order valence-corrected chi connectivity index (χ3v) is 4.10. The SMILES string of the molecule is Cc1nc(C(F)(F)F)c(-c2ccccc2)c(C(=O)NC2CNC2)c1N. The first-order valence-corrected chi connectivity index (χ1v) is 7.73. The quantitative estimate of drug-likeness (QED) is 0.794. The van der Waals surface area contributed by atoms with E-state index in [1.54, 1.807) is 18.2 Å². The number of nitrogens with zero attached hydrogens (tertiary/aromatic N) is 1. The van der Waals surface area contributed by atoms with Crippen LogP contribution < -0.4 is 16.4 Å². The zero-order valence-corrected chi connectivity index (χ0v) is 13.4. The molecule has 0 unspecified atom stereocenters. The Morgan fingerprint density at radius 1 is 1.28 bits per heavy atom. The number of aryl methyl sites for hydroxylation is 1. The van der Waals surface area contributed by atoms with Crippen LogP contribution in [-0.4, -0.2) is 30.0 Å². The molecule has 1 aromatic carbocycles. The number of carbonyl (C=O) groups is 1. The van der Waals surface area contributed by atoms with E-state index in [-0.39, 0.29) is 34.1 Å². The molecule has 2 heterocycles. The fourth-order valence-corrected chi connectivity index (χ4v) is 2.69. The van der Waals surface area contributed by atoms with Crippen LogP contribution in [-0.2, 0) is 6.18 Å². The van der Waals surface area contributed by atoms with E-state index < -0.39 is 17.8 Å². The molecule has 2 aromatic rings. The van der Waals surface area contributed by atoms with E-state index in [0.29, 0.717) is 13.1 Å². The number of benzene rings is 1. The average molecular weight is 350 g/mol. The van der Waals surface area contributed by atoms with E-state index >= 15 is 0 Å². The number of hydrogen-bond donors (Lipinski definition) is 3. The zero-order chi connectivity index (χ0) is 18.2. The molecule has 132 valence electrons. The van der Waals surface area contributed by atoms with Crippen LogP contribution >= 0.6 is 0 Å². The molecule has 1 saturated heterocycles. The van der Waals surface area contributed by atoms with Gasteiger partial charge >= 0.3 is 6.18 Å². The van der Waals surface area contributed by atoms with Crippen molar-refractivity contribution in [2.75, 3.05) is 18.8 Å². The van der Waals surface area contributed by atoms with Crippen molar-refractivity contribution in [3.63, 3.8) is 0 Å². The van der Waals surface area contributed by atoms with Gasteiger partial charge in [-0.2, -0.15) is 13.2 Å². The van der Waals surface area contributed by atoms with Gasteiger partial charge in [0.2, 0.25) is 0 Å². The maximum atomic E-state index is 13.6. The second kappa shape index (κ2) is 6.36. The molecule has 1 amide bonds. The van der Waals surface area contributed by atoms with Crippen LogP contribution in [0.2, 0.25) is 0 Å². The first-order valence-electron chi connectivity index (χ1n) is 7.73. The zero-order valence-electron chi connectivity index (χ0n) is 13.4. The summed E-state index contributed by atoms with van der Waals surface area (Å²) in [6.45, 7) is 2.51. The molecule has 0 saturated carbocycles. The Balaban J connectivity index is 2.23. The van der Waals surface area contributed by atoms with Gasteiger partial charge in [0.05, 0.1) is 23.0 Å². The number of nitrogens with two attached hydrogens (primary N) is 1. The Morgan fingerprint density at radius 2 is 1.92 bits per heavy atom. The third kappa shape index (κ3) is 3.30. The Kier molecular flexibility index (Phi) is 4.38. The van der Waals surface area contributed by atoms with Crippen molar-refractivity contribution in [1.29, 1.82) is 0 Å². The van der Waals surface area contributed by atoms with Gasteiger partial charge in [-0.3, -0.25) is 4.79 Å². The average Bonchev–Trinajstić information content (AvgIpc) is 2.52. The van der Waals surface area contributed by atoms with E-state index in [4.69, 9.17) is 5.73 Å². The summed E-state index contributed by atoms with van der Waals surface area (Å²) in [5.74, 6) is -0.626. The highest BCUT2D eigenvalue weighted by molar-refractivity contribution is 6.06. The predicted molar refractivity (Wildman–Crippen MR) is 87.9 cm³/mol. The molecule has 3 rings (SSSR count). The normalized spacial score (nSPS) is 14.9. The molecule has 0 spiro atoms. The second-order valence-corrected chi connectivity index (χ2v) is 5.90. The van der Waals surface area contributed by atoms with Crippen molar-refractivity contribution in [1.82, 2.24) is 15.6 Å². The Morgan fingerprint density at radius 3 is 2.44 bits per heavy atom. The van der Waals surface area contributed by atoms with Gasteiger partial charge in [0, 0.05) is 18.7 Å². The van der Waals surface area contributed by atoms with Crippen molar-refractivity contribution >= 4 is 11.6 Å². The lowest BCUT2D eigenvalue weighted by molar-refractivity contribution is -0.140. The molecular weight excluding hydrogens is 333 g/mol. The Labute approximate surface area is 142 Å². The number of hydrogen-bond acceptors (Lipinski definition) is 4. The van der Waals surface area contributed by atoms with Crippen LogP contribution in [0, 0.1) is 6.92 Å². The summed E-state index contributed by atoms with van der Waals surface area (Å²) in [5, 5.41) is 5.70. The highest BCUT2D eigenvalue weighted by Crippen LogP contribution is 2.40. The highest BCUT2D eigenvalue weighted by atomic mass is 19.4. The first kappa shape index (κ1) is 17.2. The van der Waals surface area contributed by atoms with E-state index in [1.165, 1.54) is 19.1 Å². The van der Waals surface area contributed by atoms with Gasteiger partial charge in [-0.15, -0.1) is 0 Å². The van der Waals surface area contributed by atoms with E-state index in [1.807, 2.05) is 0 Å². The molecule has 4 N–H and O–H groups in total. The summed E-state index contributed by atoms with van der Waals surface area (Å²) >= 11 is 0. The predicted octanol–water partition coefficient (Wildman–Crippen LogP) is 2.36. The maximum Gasteiger partial charge on any atom is 0.433 e. The summed E-state index contributed by atoms with van der Waals surface area (Å²) in [4.78, 5) is 16.3. The summed E-state index contributed by atoms with van der Waals surface area (Å²) < 4.78 is 40.8. The minimum atomic E-state index is -4.71. The summed E-state index contributed by atoms with van der Waals surface area (Å²) in [7, 11) is 0.